The predicted octanol–water partition coefficient (Wildman–Crippen LogP) is 2.77. The number of nitrogens with zero attached hydrogens (tertiary/aromatic N) is 1. The first kappa shape index (κ1) is 12.2. The molecule has 1 aromatic carbocycles. The smallest absolute Gasteiger partial charge is 0.411 e. The van der Waals surface area contributed by atoms with Crippen molar-refractivity contribution >= 4 is 28.4 Å². The van der Waals surface area contributed by atoms with E-state index in [2.05, 4.69) is 10.3 Å². The minimum atomic E-state index is -0.486. The van der Waals surface area contributed by atoms with Crippen LogP contribution < -0.4 is 11.1 Å². The average Bonchev–Trinajstić information content (AvgIpc) is 2.32. The largest absolute Gasteiger partial charge is 0.447 e. The molecule has 0 fully saturated rings. The molecule has 1 heterocycles. The molecule has 0 aliphatic rings. The lowest BCUT2D eigenvalue weighted by Crippen LogP contribution is -2.18. The second kappa shape index (κ2) is 4.91. The summed E-state index contributed by atoms with van der Waals surface area (Å²) >= 11 is 0. The number of nitrogen functional groups attached to an aromatic ring is 1. The number of benzene rings is 1. The molecule has 5 nitrogen and oxygen atoms in total. The normalized spacial score (nSPS) is 10.6. The van der Waals surface area contributed by atoms with Crippen molar-refractivity contribution in [2.75, 3.05) is 11.1 Å². The van der Waals surface area contributed by atoms with Gasteiger partial charge in [-0.15, -0.1) is 0 Å². The molecule has 18 heavy (non-hydrogen) atoms. The van der Waals surface area contributed by atoms with Crippen molar-refractivity contribution in [3.8, 4) is 0 Å². The summed E-state index contributed by atoms with van der Waals surface area (Å²) in [6.07, 6.45) is 1.01. The van der Waals surface area contributed by atoms with E-state index in [-0.39, 0.29) is 6.10 Å². The number of carbonyl (C=O) groups excluding carboxylic acids is 1. The Kier molecular flexibility index (Phi) is 3.32. The van der Waals surface area contributed by atoms with Gasteiger partial charge in [0.2, 0.25) is 0 Å². The first-order valence-electron chi connectivity index (χ1n) is 5.69. The summed E-state index contributed by atoms with van der Waals surface area (Å²) in [7, 11) is 0. The van der Waals surface area contributed by atoms with E-state index < -0.39 is 6.09 Å². The molecule has 0 saturated heterocycles. The first-order chi connectivity index (χ1) is 8.58. The van der Waals surface area contributed by atoms with Gasteiger partial charge in [0.15, 0.2) is 0 Å². The molecule has 0 spiro atoms. The summed E-state index contributed by atoms with van der Waals surface area (Å²) in [5, 5.41) is 3.48. The number of amides is 1. The zero-order chi connectivity index (χ0) is 13.1. The standard InChI is InChI=1S/C13H15N3O2/c1-8(2)18-13(17)16-11-6-5-10(14)12-9(11)4-3-7-15-12/h3-8H,14H2,1-2H3,(H,16,17). The van der Waals surface area contributed by atoms with Crippen molar-refractivity contribution in [2.24, 2.45) is 0 Å². The molecule has 3 N–H and O–H groups in total. The quantitative estimate of drug-likeness (QED) is 0.797. The highest BCUT2D eigenvalue weighted by atomic mass is 16.6. The maximum atomic E-state index is 11.6. The number of nitrogens with two attached hydrogens (primary N) is 1. The summed E-state index contributed by atoms with van der Waals surface area (Å²) in [5.41, 5.74) is 7.71. The highest BCUT2D eigenvalue weighted by molar-refractivity contribution is 6.02. The van der Waals surface area contributed by atoms with E-state index in [4.69, 9.17) is 10.5 Å². The molecule has 1 aromatic heterocycles. The lowest BCUT2D eigenvalue weighted by Gasteiger charge is -2.11. The van der Waals surface area contributed by atoms with E-state index in [0.29, 0.717) is 16.9 Å². The Morgan fingerprint density at radius 3 is 2.89 bits per heavy atom. The molecule has 1 amide bonds. The van der Waals surface area contributed by atoms with Crippen LogP contribution in [0.3, 0.4) is 0 Å². The van der Waals surface area contributed by atoms with Crippen LogP contribution in [0.25, 0.3) is 10.9 Å². The van der Waals surface area contributed by atoms with Crippen molar-refractivity contribution in [3.05, 3.63) is 30.5 Å². The van der Waals surface area contributed by atoms with Gasteiger partial charge in [-0.1, -0.05) is 0 Å². The van der Waals surface area contributed by atoms with Crippen molar-refractivity contribution in [1.29, 1.82) is 0 Å². The third-order valence-electron chi connectivity index (χ3n) is 2.38. The molecule has 2 rings (SSSR count). The molecule has 94 valence electrons. The fraction of sp³-hybridized carbons (Fsp3) is 0.231. The molecule has 5 heteroatoms. The van der Waals surface area contributed by atoms with Gasteiger partial charge in [-0.3, -0.25) is 10.3 Å². The number of nitrogens with one attached hydrogen (secondary N) is 1. The number of anilines is 2. The molecule has 0 atom stereocenters. The minimum Gasteiger partial charge on any atom is -0.447 e. The van der Waals surface area contributed by atoms with Crippen LogP contribution in [0.1, 0.15) is 13.8 Å². The second-order valence-electron chi connectivity index (χ2n) is 4.18. The molecule has 0 aliphatic carbocycles. The predicted molar refractivity (Wildman–Crippen MR) is 71.4 cm³/mol. The van der Waals surface area contributed by atoms with Crippen molar-refractivity contribution < 1.29 is 9.53 Å². The van der Waals surface area contributed by atoms with Gasteiger partial charge in [0.25, 0.3) is 0 Å². The molecule has 0 aliphatic heterocycles. The third-order valence-corrected chi connectivity index (χ3v) is 2.38. The Hall–Kier alpha value is -2.30. The van der Waals surface area contributed by atoms with E-state index in [9.17, 15) is 4.79 Å². The summed E-state index contributed by atoms with van der Waals surface area (Å²) in [5.74, 6) is 0. The molecular weight excluding hydrogens is 230 g/mol. The third kappa shape index (κ3) is 2.51. The Morgan fingerprint density at radius 1 is 1.39 bits per heavy atom. The zero-order valence-corrected chi connectivity index (χ0v) is 10.3. The van der Waals surface area contributed by atoms with Crippen LogP contribution in [0.15, 0.2) is 30.5 Å². The average molecular weight is 245 g/mol. The Labute approximate surface area is 105 Å². The van der Waals surface area contributed by atoms with E-state index in [0.717, 1.165) is 5.39 Å². The van der Waals surface area contributed by atoms with E-state index >= 15 is 0 Å². The molecule has 0 radical (unpaired) electrons. The zero-order valence-electron chi connectivity index (χ0n) is 10.3. The number of carbonyl (C=O) groups is 1. The number of ether oxygens (including phenoxy) is 1. The van der Waals surface area contributed by atoms with Gasteiger partial charge in [0.1, 0.15) is 0 Å². The van der Waals surface area contributed by atoms with Crippen LogP contribution in [0.2, 0.25) is 0 Å². The molecule has 2 aromatic rings. The van der Waals surface area contributed by atoms with Gasteiger partial charge in [-0.05, 0) is 38.1 Å². The topological polar surface area (TPSA) is 77.2 Å². The van der Waals surface area contributed by atoms with E-state index in [1.54, 1.807) is 38.2 Å². The van der Waals surface area contributed by atoms with Crippen LogP contribution in [-0.2, 0) is 4.74 Å². The summed E-state index contributed by atoms with van der Waals surface area (Å²) in [6.45, 7) is 3.59. The van der Waals surface area contributed by atoms with Crippen molar-refractivity contribution in [1.82, 2.24) is 4.98 Å². The fourth-order valence-electron chi connectivity index (χ4n) is 1.66. The van der Waals surface area contributed by atoms with Gasteiger partial charge in [-0.25, -0.2) is 4.79 Å². The van der Waals surface area contributed by atoms with Crippen molar-refractivity contribution in [3.63, 3.8) is 0 Å². The summed E-state index contributed by atoms with van der Waals surface area (Å²) in [6, 6.07) is 7.09. The second-order valence-corrected chi connectivity index (χ2v) is 4.18. The minimum absolute atomic E-state index is 0.164. The molecule has 0 unspecified atom stereocenters. The first-order valence-corrected chi connectivity index (χ1v) is 5.69. The van der Waals surface area contributed by atoms with Crippen molar-refractivity contribution in [2.45, 2.75) is 20.0 Å². The maximum absolute atomic E-state index is 11.6. The van der Waals surface area contributed by atoms with Crippen LogP contribution >= 0.6 is 0 Å². The number of hydrogen-bond donors (Lipinski definition) is 2. The lowest BCUT2D eigenvalue weighted by molar-refractivity contribution is 0.130. The van der Waals surface area contributed by atoms with Crippen LogP contribution in [0.4, 0.5) is 16.2 Å². The van der Waals surface area contributed by atoms with Crippen LogP contribution in [0, 0.1) is 0 Å². The summed E-state index contributed by atoms with van der Waals surface area (Å²) in [4.78, 5) is 15.8. The molecule has 0 saturated carbocycles. The monoisotopic (exact) mass is 245 g/mol. The number of pyridine rings is 1. The van der Waals surface area contributed by atoms with Gasteiger partial charge >= 0.3 is 6.09 Å². The maximum Gasteiger partial charge on any atom is 0.411 e. The van der Waals surface area contributed by atoms with Crippen LogP contribution in [-0.4, -0.2) is 17.2 Å². The van der Waals surface area contributed by atoms with Gasteiger partial charge in [-0.2, -0.15) is 0 Å². The number of hydrogen-bond acceptors (Lipinski definition) is 4. The highest BCUT2D eigenvalue weighted by Crippen LogP contribution is 2.26. The molecular formula is C13H15N3O2. The van der Waals surface area contributed by atoms with Gasteiger partial charge in [0.05, 0.1) is 23.0 Å². The Balaban J connectivity index is 2.34. The SMILES string of the molecule is CC(C)OC(=O)Nc1ccc(N)c2ncccc12. The highest BCUT2D eigenvalue weighted by Gasteiger charge is 2.09. The van der Waals surface area contributed by atoms with Crippen LogP contribution in [0.5, 0.6) is 0 Å². The lowest BCUT2D eigenvalue weighted by atomic mass is 10.1. The number of fused-ring (bicyclic) bond motifs is 1. The Morgan fingerprint density at radius 2 is 2.17 bits per heavy atom. The molecule has 0 bridgehead atoms. The van der Waals surface area contributed by atoms with E-state index in [1.165, 1.54) is 0 Å². The number of aromatic nitrogens is 1. The van der Waals surface area contributed by atoms with Gasteiger partial charge in [0, 0.05) is 11.6 Å². The van der Waals surface area contributed by atoms with E-state index in [1.807, 2.05) is 6.07 Å². The summed E-state index contributed by atoms with van der Waals surface area (Å²) < 4.78 is 5.03. The Bertz CT molecular complexity index is 581. The van der Waals surface area contributed by atoms with Gasteiger partial charge < -0.3 is 10.5 Å². The fourth-order valence-corrected chi connectivity index (χ4v) is 1.66. The number of rotatable bonds is 2.